The highest BCUT2D eigenvalue weighted by Crippen LogP contribution is 2.48. The van der Waals surface area contributed by atoms with Gasteiger partial charge in [0.2, 0.25) is 0 Å². The summed E-state index contributed by atoms with van der Waals surface area (Å²) in [4.78, 5) is 15.1. The van der Waals surface area contributed by atoms with Crippen LogP contribution in [0, 0.1) is 0 Å². The van der Waals surface area contributed by atoms with E-state index in [9.17, 15) is 0 Å². The molecule has 0 amide bonds. The van der Waals surface area contributed by atoms with Crippen molar-refractivity contribution in [1.82, 2.24) is 24.1 Å². The third-order valence-corrected chi connectivity index (χ3v) is 12.0. The predicted molar refractivity (Wildman–Crippen MR) is 231 cm³/mol. The first-order valence-electron chi connectivity index (χ1n) is 20.0. The molecule has 6 nitrogen and oxygen atoms in total. The maximum atomic E-state index is 6.77. The second-order valence-electron chi connectivity index (χ2n) is 15.3. The molecule has 6 heteroatoms. The number of aromatic nitrogens is 5. The van der Waals surface area contributed by atoms with Gasteiger partial charge in [-0.25, -0.2) is 15.0 Å². The van der Waals surface area contributed by atoms with Crippen LogP contribution in [0.3, 0.4) is 0 Å². The maximum Gasteiger partial charge on any atom is 0.164 e. The van der Waals surface area contributed by atoms with E-state index in [0.29, 0.717) is 17.5 Å². The molecule has 0 bridgehead atoms. The predicted octanol–water partition coefficient (Wildman–Crippen LogP) is 10.7. The Morgan fingerprint density at radius 3 is 2.07 bits per heavy atom. The molecular weight excluding hydrogens is 699 g/mol. The van der Waals surface area contributed by atoms with Gasteiger partial charge in [0, 0.05) is 60.5 Å². The van der Waals surface area contributed by atoms with Gasteiger partial charge < -0.3 is 13.6 Å². The Morgan fingerprint density at radius 2 is 1.32 bits per heavy atom. The molecule has 12 rings (SSSR count). The first-order valence-corrected chi connectivity index (χ1v) is 20.0. The first kappa shape index (κ1) is 32.2. The van der Waals surface area contributed by atoms with Gasteiger partial charge in [-0.15, -0.1) is 0 Å². The number of benzene rings is 5. The molecule has 0 saturated carbocycles. The quantitative estimate of drug-likeness (QED) is 0.177. The fourth-order valence-corrected chi connectivity index (χ4v) is 9.60. The first-order chi connectivity index (χ1) is 28.3. The van der Waals surface area contributed by atoms with Gasteiger partial charge >= 0.3 is 0 Å². The molecule has 4 heterocycles. The third kappa shape index (κ3) is 5.00. The minimum atomic E-state index is 0.0925. The van der Waals surface area contributed by atoms with Crippen LogP contribution < -0.4 is 10.6 Å². The van der Waals surface area contributed by atoms with Crippen molar-refractivity contribution in [3.05, 3.63) is 168 Å². The van der Waals surface area contributed by atoms with Crippen LogP contribution in [-0.4, -0.2) is 24.1 Å². The average molecular weight is 736 g/mol. The molecule has 0 radical (unpaired) electrons. The summed E-state index contributed by atoms with van der Waals surface area (Å²) >= 11 is 0. The number of hydrogen-bond acceptors (Lipinski definition) is 4. The molecule has 1 unspecified atom stereocenters. The van der Waals surface area contributed by atoms with Crippen molar-refractivity contribution in [3.63, 3.8) is 0 Å². The lowest BCUT2D eigenvalue weighted by molar-refractivity contribution is 0.554. The topological polar surface area (TPSA) is 61.7 Å². The fourth-order valence-electron chi connectivity index (χ4n) is 9.60. The molecule has 272 valence electrons. The standard InChI is InChI=1S/C51H37N5O/c1-4-15-32(16-5-1)49-52-50(33-17-6-2-7-18-33)54-51(53-49)40-23-14-26-44-46(40)39-28-27-35(31-45(39)57-44)55-42-25-13-11-22-38(42)47-43(55)30-29-37-36-21-10-12-24-41(36)56(48(37)47)34-19-8-3-9-20-34/h1-2,4-8,10-26,28,31,35H,3,9,27,29-30H2. The van der Waals surface area contributed by atoms with E-state index in [-0.39, 0.29) is 6.04 Å². The van der Waals surface area contributed by atoms with E-state index >= 15 is 0 Å². The van der Waals surface area contributed by atoms with Crippen molar-refractivity contribution >= 4 is 50.6 Å². The Kier molecular flexibility index (Phi) is 7.21. The summed E-state index contributed by atoms with van der Waals surface area (Å²) < 4.78 is 11.9. The summed E-state index contributed by atoms with van der Waals surface area (Å²) in [6.45, 7) is 0. The van der Waals surface area contributed by atoms with Crippen molar-refractivity contribution in [2.24, 2.45) is 0 Å². The van der Waals surface area contributed by atoms with Gasteiger partial charge in [-0.05, 0) is 68.0 Å². The normalized spacial score (nSPS) is 15.9. The second-order valence-corrected chi connectivity index (χ2v) is 15.3. The van der Waals surface area contributed by atoms with Crippen molar-refractivity contribution in [1.29, 1.82) is 0 Å². The highest BCUT2D eigenvalue weighted by atomic mass is 16.3. The van der Waals surface area contributed by atoms with E-state index < -0.39 is 0 Å². The molecule has 0 aliphatic heterocycles. The molecular formula is C51H37N5O. The monoisotopic (exact) mass is 735 g/mol. The maximum absolute atomic E-state index is 6.77. The lowest BCUT2D eigenvalue weighted by Crippen LogP contribution is -2.27. The Morgan fingerprint density at radius 1 is 0.614 bits per heavy atom. The van der Waals surface area contributed by atoms with Crippen molar-refractivity contribution in [3.8, 4) is 45.4 Å². The van der Waals surface area contributed by atoms with E-state index in [1.165, 1.54) is 50.0 Å². The molecule has 3 aliphatic rings. The number of aryl methyl sites for hydroxylation is 1. The summed E-state index contributed by atoms with van der Waals surface area (Å²) in [5.74, 6) is 1.92. The zero-order valence-corrected chi connectivity index (χ0v) is 31.3. The van der Waals surface area contributed by atoms with Gasteiger partial charge in [-0.1, -0.05) is 127 Å². The Hall–Kier alpha value is -7.05. The van der Waals surface area contributed by atoms with E-state index in [1.807, 2.05) is 66.7 Å². The molecule has 5 aromatic carbocycles. The van der Waals surface area contributed by atoms with Crippen LogP contribution >= 0.6 is 0 Å². The lowest BCUT2D eigenvalue weighted by Gasteiger charge is -2.24. The number of fused-ring (bicyclic) bond motifs is 10. The second kappa shape index (κ2) is 12.8. The average Bonchev–Trinajstić information content (AvgIpc) is 3.94. The van der Waals surface area contributed by atoms with E-state index in [1.54, 1.807) is 0 Å². The molecule has 0 spiro atoms. The number of para-hydroxylation sites is 2. The largest absolute Gasteiger partial charge is 0.456 e. The molecule has 0 saturated heterocycles. The Bertz CT molecular complexity index is 3210. The zero-order valence-electron chi connectivity index (χ0n) is 31.3. The molecule has 0 fully saturated rings. The molecule has 4 aromatic heterocycles. The highest BCUT2D eigenvalue weighted by Gasteiger charge is 2.32. The van der Waals surface area contributed by atoms with Crippen LogP contribution in [-0.2, 0) is 12.8 Å². The van der Waals surface area contributed by atoms with Crippen molar-refractivity contribution < 1.29 is 4.42 Å². The minimum absolute atomic E-state index is 0.0925. The van der Waals surface area contributed by atoms with Gasteiger partial charge in [-0.3, -0.25) is 0 Å². The molecule has 57 heavy (non-hydrogen) atoms. The number of nitrogens with zero attached hydrogens (tertiary/aromatic N) is 5. The van der Waals surface area contributed by atoms with Gasteiger partial charge in [-0.2, -0.15) is 0 Å². The minimum Gasteiger partial charge on any atom is -0.456 e. The SMILES string of the molecule is C1=CC(n2c3c(c4ccccc42)CCc2c-3c3ccccc3n2C2C=c3oc4cccc(-c5nc(-c6ccccc6)nc(-c6ccccc6)n5)c4c3=CC2)=CCC1. The lowest BCUT2D eigenvalue weighted by atomic mass is 9.91. The number of furan rings is 1. The van der Waals surface area contributed by atoms with Gasteiger partial charge in [0.25, 0.3) is 0 Å². The molecule has 3 aliphatic carbocycles. The van der Waals surface area contributed by atoms with Crippen LogP contribution in [0.5, 0.6) is 0 Å². The van der Waals surface area contributed by atoms with Gasteiger partial charge in [0.05, 0.1) is 17.3 Å². The number of rotatable bonds is 5. The number of hydrogen-bond donors (Lipinski definition) is 0. The molecule has 9 aromatic rings. The van der Waals surface area contributed by atoms with Crippen LogP contribution in [0.25, 0.3) is 96.0 Å². The van der Waals surface area contributed by atoms with Crippen LogP contribution in [0.15, 0.2) is 150 Å². The smallest absolute Gasteiger partial charge is 0.164 e. The van der Waals surface area contributed by atoms with Crippen molar-refractivity contribution in [2.45, 2.75) is 38.1 Å². The summed E-state index contributed by atoms with van der Waals surface area (Å²) in [6, 6.07) is 44.6. The summed E-state index contributed by atoms with van der Waals surface area (Å²) in [5, 5.41) is 4.81. The molecule has 1 atom stereocenters. The summed E-state index contributed by atoms with van der Waals surface area (Å²) in [7, 11) is 0. The molecule has 0 N–H and O–H groups in total. The van der Waals surface area contributed by atoms with E-state index in [2.05, 4.69) is 100 Å². The Labute approximate surface area is 329 Å². The van der Waals surface area contributed by atoms with Crippen molar-refractivity contribution in [2.75, 3.05) is 0 Å². The van der Waals surface area contributed by atoms with Gasteiger partial charge in [0.15, 0.2) is 17.5 Å². The number of allylic oxidation sites excluding steroid dienone is 4. The summed E-state index contributed by atoms with van der Waals surface area (Å²) in [5.41, 5.74) is 14.0. The van der Waals surface area contributed by atoms with Crippen LogP contribution in [0.4, 0.5) is 0 Å². The Balaban J connectivity index is 1.04. The zero-order chi connectivity index (χ0) is 37.5. The van der Waals surface area contributed by atoms with E-state index in [4.69, 9.17) is 19.4 Å². The third-order valence-electron chi connectivity index (χ3n) is 12.0. The highest BCUT2D eigenvalue weighted by molar-refractivity contribution is 6.06. The van der Waals surface area contributed by atoms with Crippen LogP contribution in [0.2, 0.25) is 0 Å². The van der Waals surface area contributed by atoms with E-state index in [0.717, 1.165) is 70.4 Å². The summed E-state index contributed by atoms with van der Waals surface area (Å²) in [6.07, 6.45) is 16.7. The van der Waals surface area contributed by atoms with Crippen LogP contribution in [0.1, 0.15) is 36.6 Å². The van der Waals surface area contributed by atoms with Gasteiger partial charge in [0.1, 0.15) is 11.0 Å². The fraction of sp³-hybridized carbons (Fsp3) is 0.118.